The molecule has 1 aromatic rings. The van der Waals surface area contributed by atoms with Crippen LogP contribution in [0.1, 0.15) is 19.4 Å². The SMILES string of the molecule is COCC(NC(=O)C(S)Cc1ccccc1)C(C)C. The summed E-state index contributed by atoms with van der Waals surface area (Å²) in [6.45, 7) is 4.65. The molecule has 2 unspecified atom stereocenters. The molecule has 1 rings (SSSR count). The van der Waals surface area contributed by atoms with Crippen molar-refractivity contribution in [1.82, 2.24) is 5.32 Å². The number of amides is 1. The van der Waals surface area contributed by atoms with Gasteiger partial charge in [0.15, 0.2) is 0 Å². The quantitative estimate of drug-likeness (QED) is 0.753. The number of benzene rings is 1. The third-order valence-electron chi connectivity index (χ3n) is 3.05. The lowest BCUT2D eigenvalue weighted by Crippen LogP contribution is -2.45. The van der Waals surface area contributed by atoms with Crippen LogP contribution in [0.4, 0.5) is 0 Å². The smallest absolute Gasteiger partial charge is 0.233 e. The average molecular weight is 281 g/mol. The molecule has 106 valence electrons. The molecule has 0 aliphatic rings. The first-order chi connectivity index (χ1) is 9.04. The molecular weight excluding hydrogens is 258 g/mol. The first-order valence-corrected chi connectivity index (χ1v) is 7.07. The van der Waals surface area contributed by atoms with E-state index in [2.05, 4.69) is 31.8 Å². The van der Waals surface area contributed by atoms with Crippen LogP contribution in [0.25, 0.3) is 0 Å². The highest BCUT2D eigenvalue weighted by Gasteiger charge is 2.20. The second kappa shape index (κ2) is 8.23. The predicted molar refractivity (Wildman–Crippen MR) is 81.6 cm³/mol. The third kappa shape index (κ3) is 5.66. The second-order valence-corrected chi connectivity index (χ2v) is 5.64. The number of thiol groups is 1. The van der Waals surface area contributed by atoms with Gasteiger partial charge >= 0.3 is 0 Å². The maximum absolute atomic E-state index is 12.1. The molecule has 0 fully saturated rings. The Morgan fingerprint density at radius 3 is 2.47 bits per heavy atom. The summed E-state index contributed by atoms with van der Waals surface area (Å²) in [4.78, 5) is 12.1. The molecule has 0 radical (unpaired) electrons. The van der Waals surface area contributed by atoms with E-state index >= 15 is 0 Å². The van der Waals surface area contributed by atoms with Gasteiger partial charge in [-0.2, -0.15) is 12.6 Å². The summed E-state index contributed by atoms with van der Waals surface area (Å²) in [6, 6.07) is 9.94. The highest BCUT2D eigenvalue weighted by Crippen LogP contribution is 2.09. The van der Waals surface area contributed by atoms with Gasteiger partial charge in [-0.05, 0) is 17.9 Å². The largest absolute Gasteiger partial charge is 0.383 e. The summed E-state index contributed by atoms with van der Waals surface area (Å²) in [5.74, 6) is 0.295. The fourth-order valence-corrected chi connectivity index (χ4v) is 2.07. The van der Waals surface area contributed by atoms with Gasteiger partial charge < -0.3 is 10.1 Å². The zero-order valence-corrected chi connectivity index (χ0v) is 12.7. The van der Waals surface area contributed by atoms with E-state index in [1.165, 1.54) is 0 Å². The Kier molecular flexibility index (Phi) is 6.95. The Balaban J connectivity index is 2.52. The molecule has 0 aliphatic heterocycles. The normalized spacial score (nSPS) is 14.2. The van der Waals surface area contributed by atoms with Gasteiger partial charge in [-0.25, -0.2) is 0 Å². The average Bonchev–Trinajstić information content (AvgIpc) is 2.39. The van der Waals surface area contributed by atoms with Gasteiger partial charge in [0.1, 0.15) is 0 Å². The van der Waals surface area contributed by atoms with Crippen molar-refractivity contribution in [3.05, 3.63) is 35.9 Å². The summed E-state index contributed by atoms with van der Waals surface area (Å²) in [7, 11) is 1.64. The van der Waals surface area contributed by atoms with Crippen molar-refractivity contribution < 1.29 is 9.53 Å². The predicted octanol–water partition coefficient (Wildman–Crippen LogP) is 2.31. The van der Waals surface area contributed by atoms with Crippen LogP contribution in [0, 0.1) is 5.92 Å². The number of carbonyl (C=O) groups excluding carboxylic acids is 1. The number of hydrogen-bond donors (Lipinski definition) is 2. The van der Waals surface area contributed by atoms with Crippen LogP contribution in [0.2, 0.25) is 0 Å². The Bertz CT molecular complexity index is 381. The highest BCUT2D eigenvalue weighted by molar-refractivity contribution is 7.81. The Hall–Kier alpha value is -1.00. The summed E-state index contributed by atoms with van der Waals surface area (Å²) < 4.78 is 5.12. The highest BCUT2D eigenvalue weighted by atomic mass is 32.1. The lowest BCUT2D eigenvalue weighted by Gasteiger charge is -2.23. The van der Waals surface area contributed by atoms with E-state index in [1.54, 1.807) is 7.11 Å². The minimum atomic E-state index is -0.333. The minimum absolute atomic E-state index is 0.0305. The van der Waals surface area contributed by atoms with Crippen LogP contribution < -0.4 is 5.32 Å². The molecule has 0 saturated heterocycles. The lowest BCUT2D eigenvalue weighted by molar-refractivity contribution is -0.122. The molecule has 4 heteroatoms. The van der Waals surface area contributed by atoms with Crippen molar-refractivity contribution in [1.29, 1.82) is 0 Å². The van der Waals surface area contributed by atoms with Gasteiger partial charge in [0.25, 0.3) is 0 Å². The maximum atomic E-state index is 12.1. The fourth-order valence-electron chi connectivity index (χ4n) is 1.79. The minimum Gasteiger partial charge on any atom is -0.383 e. The summed E-state index contributed by atoms with van der Waals surface area (Å²) in [6.07, 6.45) is 0.633. The number of carbonyl (C=O) groups is 1. The summed E-state index contributed by atoms with van der Waals surface area (Å²) >= 11 is 4.39. The number of ether oxygens (including phenoxy) is 1. The van der Waals surface area contributed by atoms with E-state index in [9.17, 15) is 4.79 Å². The van der Waals surface area contributed by atoms with E-state index < -0.39 is 0 Å². The molecule has 3 nitrogen and oxygen atoms in total. The van der Waals surface area contributed by atoms with E-state index in [4.69, 9.17) is 4.74 Å². The van der Waals surface area contributed by atoms with Crippen molar-refractivity contribution in [3.8, 4) is 0 Å². The molecule has 0 saturated carbocycles. The maximum Gasteiger partial charge on any atom is 0.233 e. The monoisotopic (exact) mass is 281 g/mol. The van der Waals surface area contributed by atoms with Crippen molar-refractivity contribution in [2.75, 3.05) is 13.7 Å². The van der Waals surface area contributed by atoms with Crippen LogP contribution in [0.3, 0.4) is 0 Å². The van der Waals surface area contributed by atoms with Crippen LogP contribution in [-0.4, -0.2) is 30.9 Å². The van der Waals surface area contributed by atoms with Gasteiger partial charge in [-0.15, -0.1) is 0 Å². The lowest BCUT2D eigenvalue weighted by atomic mass is 10.0. The second-order valence-electron chi connectivity index (χ2n) is 5.02. The third-order valence-corrected chi connectivity index (χ3v) is 3.47. The molecule has 1 aromatic carbocycles. The molecule has 0 heterocycles. The summed E-state index contributed by atoms with van der Waals surface area (Å²) in [5, 5.41) is 2.66. The molecule has 0 aromatic heterocycles. The van der Waals surface area contributed by atoms with Gasteiger partial charge in [-0.3, -0.25) is 4.79 Å². The van der Waals surface area contributed by atoms with E-state index in [0.29, 0.717) is 18.9 Å². The van der Waals surface area contributed by atoms with Crippen LogP contribution >= 0.6 is 12.6 Å². The number of rotatable bonds is 7. The zero-order chi connectivity index (χ0) is 14.3. The standard InChI is InChI=1S/C15H23NO2S/c1-11(2)13(10-18-3)16-15(17)14(19)9-12-7-5-4-6-8-12/h4-8,11,13-14,19H,9-10H2,1-3H3,(H,16,17). The molecular formula is C15H23NO2S. The summed E-state index contributed by atoms with van der Waals surface area (Å²) in [5.41, 5.74) is 1.12. The molecule has 0 bridgehead atoms. The van der Waals surface area contributed by atoms with Crippen LogP contribution in [0.15, 0.2) is 30.3 Å². The van der Waals surface area contributed by atoms with Gasteiger partial charge in [0.05, 0.1) is 17.9 Å². The molecule has 2 atom stereocenters. The van der Waals surface area contributed by atoms with Crippen molar-refractivity contribution >= 4 is 18.5 Å². The Morgan fingerprint density at radius 1 is 1.32 bits per heavy atom. The van der Waals surface area contributed by atoms with Gasteiger partial charge in [-0.1, -0.05) is 44.2 Å². The Labute approximate surface area is 121 Å². The molecule has 1 amide bonds. The first-order valence-electron chi connectivity index (χ1n) is 6.56. The number of hydrogen-bond acceptors (Lipinski definition) is 3. The van der Waals surface area contributed by atoms with Crippen LogP contribution in [0.5, 0.6) is 0 Å². The molecule has 0 aliphatic carbocycles. The fraction of sp³-hybridized carbons (Fsp3) is 0.533. The van der Waals surface area contributed by atoms with Crippen molar-refractivity contribution in [2.45, 2.75) is 31.6 Å². The molecule has 1 N–H and O–H groups in total. The molecule has 0 spiro atoms. The van der Waals surface area contributed by atoms with Gasteiger partial charge in [0, 0.05) is 7.11 Å². The topological polar surface area (TPSA) is 38.3 Å². The van der Waals surface area contributed by atoms with Crippen molar-refractivity contribution in [2.24, 2.45) is 5.92 Å². The van der Waals surface area contributed by atoms with E-state index in [1.807, 2.05) is 30.3 Å². The Morgan fingerprint density at radius 2 is 1.95 bits per heavy atom. The van der Waals surface area contributed by atoms with Crippen molar-refractivity contribution in [3.63, 3.8) is 0 Å². The number of methoxy groups -OCH3 is 1. The zero-order valence-electron chi connectivity index (χ0n) is 11.8. The van der Waals surface area contributed by atoms with Crippen LogP contribution in [-0.2, 0) is 16.0 Å². The molecule has 19 heavy (non-hydrogen) atoms. The van der Waals surface area contributed by atoms with E-state index in [0.717, 1.165) is 5.56 Å². The number of nitrogens with one attached hydrogen (secondary N) is 1. The van der Waals surface area contributed by atoms with E-state index in [-0.39, 0.29) is 17.2 Å². The first kappa shape index (κ1) is 16.1. The van der Waals surface area contributed by atoms with Gasteiger partial charge in [0.2, 0.25) is 5.91 Å².